The van der Waals surface area contributed by atoms with Gasteiger partial charge in [-0.1, -0.05) is 11.6 Å². The van der Waals surface area contributed by atoms with Gasteiger partial charge in [-0.05, 0) is 54.1 Å². The molecule has 10 heteroatoms. The van der Waals surface area contributed by atoms with Crippen LogP contribution in [-0.4, -0.2) is 34.5 Å². The Bertz CT molecular complexity index is 821. The first kappa shape index (κ1) is 19.7. The number of carbonyl (C=O) groups excluding carboxylic acids is 1. The van der Waals surface area contributed by atoms with Crippen LogP contribution in [-0.2, 0) is 6.42 Å². The third-order valence-electron chi connectivity index (χ3n) is 3.39. The molecule has 7 nitrogen and oxygen atoms in total. The standard InChI is InChI=1S/C15H19BrClN5O2S/c1-8(2)22-12(20-21-15(22)25)4-5-18-14(23)19-11-7-9(17)6-10(16)13(11)24-3/h6-8H,4-5H2,1-3H3,(H,21,25)(H2,18,19,23). The minimum atomic E-state index is -0.363. The molecule has 2 amide bonds. The predicted molar refractivity (Wildman–Crippen MR) is 104 cm³/mol. The van der Waals surface area contributed by atoms with Gasteiger partial charge < -0.3 is 19.9 Å². The van der Waals surface area contributed by atoms with E-state index in [0.29, 0.717) is 38.7 Å². The number of urea groups is 1. The minimum Gasteiger partial charge on any atom is -0.493 e. The van der Waals surface area contributed by atoms with Gasteiger partial charge in [0.15, 0.2) is 10.5 Å². The van der Waals surface area contributed by atoms with Crippen molar-refractivity contribution in [3.63, 3.8) is 0 Å². The maximum Gasteiger partial charge on any atom is 0.319 e. The third-order valence-corrected chi connectivity index (χ3v) is 4.48. The molecule has 0 saturated carbocycles. The molecule has 0 unspecified atom stereocenters. The average molecular weight is 449 g/mol. The smallest absolute Gasteiger partial charge is 0.319 e. The molecule has 0 radical (unpaired) electrons. The topological polar surface area (TPSA) is 84.0 Å². The highest BCUT2D eigenvalue weighted by Crippen LogP contribution is 2.36. The number of amides is 2. The van der Waals surface area contributed by atoms with Crippen LogP contribution in [0.5, 0.6) is 5.75 Å². The van der Waals surface area contributed by atoms with Crippen LogP contribution < -0.4 is 15.4 Å². The van der Waals surface area contributed by atoms with Crippen LogP contribution in [0.1, 0.15) is 25.7 Å². The Morgan fingerprint density at radius 2 is 2.24 bits per heavy atom. The summed E-state index contributed by atoms with van der Waals surface area (Å²) in [7, 11) is 1.52. The van der Waals surface area contributed by atoms with E-state index < -0.39 is 0 Å². The Kier molecular flexibility index (Phi) is 6.86. The number of carbonyl (C=O) groups is 1. The van der Waals surface area contributed by atoms with Gasteiger partial charge in [0.05, 0.1) is 17.3 Å². The Morgan fingerprint density at radius 1 is 1.52 bits per heavy atom. The van der Waals surface area contributed by atoms with E-state index in [1.807, 2.05) is 18.4 Å². The fraction of sp³-hybridized carbons (Fsp3) is 0.400. The number of aromatic amines is 1. The van der Waals surface area contributed by atoms with Crippen molar-refractivity contribution in [3.8, 4) is 5.75 Å². The monoisotopic (exact) mass is 447 g/mol. The number of halogens is 2. The fourth-order valence-corrected chi connectivity index (χ4v) is 3.70. The van der Waals surface area contributed by atoms with Crippen molar-refractivity contribution in [2.75, 3.05) is 19.0 Å². The van der Waals surface area contributed by atoms with Crippen molar-refractivity contribution in [1.29, 1.82) is 0 Å². The molecule has 0 spiro atoms. The van der Waals surface area contributed by atoms with Gasteiger partial charge in [-0.15, -0.1) is 0 Å². The molecule has 0 bridgehead atoms. The molecule has 1 aromatic carbocycles. The van der Waals surface area contributed by atoms with Crippen LogP contribution in [0.15, 0.2) is 16.6 Å². The molecule has 0 fully saturated rings. The summed E-state index contributed by atoms with van der Waals surface area (Å²) in [6.45, 7) is 4.46. The van der Waals surface area contributed by atoms with E-state index in [0.717, 1.165) is 5.82 Å². The molecule has 2 aromatic rings. The lowest BCUT2D eigenvalue weighted by Gasteiger charge is -2.13. The van der Waals surface area contributed by atoms with Crippen LogP contribution in [0.25, 0.3) is 0 Å². The number of H-pyrrole nitrogens is 1. The Hall–Kier alpha value is -1.58. The van der Waals surface area contributed by atoms with Crippen LogP contribution in [0.3, 0.4) is 0 Å². The zero-order valence-electron chi connectivity index (χ0n) is 14.0. The van der Waals surface area contributed by atoms with Gasteiger partial charge >= 0.3 is 6.03 Å². The number of anilines is 1. The van der Waals surface area contributed by atoms with Crippen LogP contribution in [0, 0.1) is 4.77 Å². The number of hydrogen-bond donors (Lipinski definition) is 3. The molecule has 1 aromatic heterocycles. The highest BCUT2D eigenvalue weighted by Gasteiger charge is 2.13. The first-order valence-corrected chi connectivity index (χ1v) is 9.15. The zero-order chi connectivity index (χ0) is 18.6. The fourth-order valence-electron chi connectivity index (χ4n) is 2.36. The van der Waals surface area contributed by atoms with Gasteiger partial charge in [-0.25, -0.2) is 4.79 Å². The number of nitrogens with zero attached hydrogens (tertiary/aromatic N) is 2. The first-order chi connectivity index (χ1) is 11.8. The number of hydrogen-bond acceptors (Lipinski definition) is 4. The van der Waals surface area contributed by atoms with Crippen molar-refractivity contribution in [3.05, 3.63) is 32.2 Å². The summed E-state index contributed by atoms with van der Waals surface area (Å²) in [6, 6.07) is 3.15. The van der Waals surface area contributed by atoms with Crippen LogP contribution in [0.4, 0.5) is 10.5 Å². The van der Waals surface area contributed by atoms with Gasteiger partial charge in [0.1, 0.15) is 5.82 Å². The lowest BCUT2D eigenvalue weighted by atomic mass is 10.3. The van der Waals surface area contributed by atoms with Crippen molar-refractivity contribution < 1.29 is 9.53 Å². The zero-order valence-corrected chi connectivity index (χ0v) is 17.2. The van der Waals surface area contributed by atoms with E-state index in [2.05, 4.69) is 36.8 Å². The molecule has 2 rings (SSSR count). The van der Waals surface area contributed by atoms with Crippen molar-refractivity contribution >= 4 is 51.5 Å². The van der Waals surface area contributed by atoms with Crippen molar-refractivity contribution in [2.24, 2.45) is 0 Å². The van der Waals surface area contributed by atoms with E-state index >= 15 is 0 Å². The molecular weight excluding hydrogens is 430 g/mol. The summed E-state index contributed by atoms with van der Waals surface area (Å²) in [6.07, 6.45) is 0.551. The quantitative estimate of drug-likeness (QED) is 0.575. The number of aromatic nitrogens is 3. The van der Waals surface area contributed by atoms with Crippen molar-refractivity contribution in [2.45, 2.75) is 26.3 Å². The summed E-state index contributed by atoms with van der Waals surface area (Å²) in [4.78, 5) is 12.1. The van der Waals surface area contributed by atoms with Gasteiger partial charge in [0.25, 0.3) is 0 Å². The lowest BCUT2D eigenvalue weighted by molar-refractivity contribution is 0.252. The maximum absolute atomic E-state index is 12.1. The molecule has 0 aliphatic carbocycles. The molecule has 3 N–H and O–H groups in total. The minimum absolute atomic E-state index is 0.197. The Labute approximate surface area is 164 Å². The molecule has 25 heavy (non-hydrogen) atoms. The second-order valence-electron chi connectivity index (χ2n) is 5.51. The summed E-state index contributed by atoms with van der Waals surface area (Å²) in [5.74, 6) is 1.30. The second kappa shape index (κ2) is 8.68. The normalized spacial score (nSPS) is 10.8. The van der Waals surface area contributed by atoms with Gasteiger partial charge in [0.2, 0.25) is 0 Å². The Balaban J connectivity index is 1.97. The molecular formula is C15H19BrClN5O2S. The lowest BCUT2D eigenvalue weighted by Crippen LogP contribution is -2.31. The SMILES string of the molecule is COc1c(Br)cc(Cl)cc1NC(=O)NCCc1n[nH]c(=S)n1C(C)C. The van der Waals surface area contributed by atoms with E-state index in [4.69, 9.17) is 28.6 Å². The van der Waals surface area contributed by atoms with Gasteiger partial charge in [0, 0.05) is 24.0 Å². The Morgan fingerprint density at radius 3 is 2.88 bits per heavy atom. The van der Waals surface area contributed by atoms with E-state index in [9.17, 15) is 4.79 Å². The number of methoxy groups -OCH3 is 1. The molecule has 136 valence electrons. The van der Waals surface area contributed by atoms with Crippen LogP contribution >= 0.6 is 39.7 Å². The summed E-state index contributed by atoms with van der Waals surface area (Å²) in [5.41, 5.74) is 0.476. The molecule has 0 atom stereocenters. The van der Waals surface area contributed by atoms with E-state index in [1.54, 1.807) is 12.1 Å². The summed E-state index contributed by atoms with van der Waals surface area (Å²) < 4.78 is 8.43. The van der Waals surface area contributed by atoms with Crippen LogP contribution in [0.2, 0.25) is 5.02 Å². The number of nitrogens with one attached hydrogen (secondary N) is 3. The highest BCUT2D eigenvalue weighted by atomic mass is 79.9. The third kappa shape index (κ3) is 4.96. The molecule has 0 aliphatic heterocycles. The molecule has 1 heterocycles. The van der Waals surface area contributed by atoms with E-state index in [1.165, 1.54) is 7.11 Å². The molecule has 0 aliphatic rings. The highest BCUT2D eigenvalue weighted by molar-refractivity contribution is 9.10. The largest absolute Gasteiger partial charge is 0.493 e. The van der Waals surface area contributed by atoms with Gasteiger partial charge in [-0.3, -0.25) is 5.10 Å². The second-order valence-corrected chi connectivity index (χ2v) is 7.19. The maximum atomic E-state index is 12.1. The number of ether oxygens (including phenoxy) is 1. The number of rotatable bonds is 6. The van der Waals surface area contributed by atoms with Gasteiger partial charge in [-0.2, -0.15) is 5.10 Å². The predicted octanol–water partition coefficient (Wildman–Crippen LogP) is 4.31. The summed E-state index contributed by atoms with van der Waals surface area (Å²) in [5, 5.41) is 13.0. The average Bonchev–Trinajstić information content (AvgIpc) is 2.88. The van der Waals surface area contributed by atoms with Crippen molar-refractivity contribution in [1.82, 2.24) is 20.1 Å². The summed E-state index contributed by atoms with van der Waals surface area (Å²) >= 11 is 14.6. The van der Waals surface area contributed by atoms with E-state index in [-0.39, 0.29) is 12.1 Å². The molecule has 0 saturated heterocycles. The number of benzene rings is 1. The first-order valence-electron chi connectivity index (χ1n) is 7.57.